The largest absolute Gasteiger partial charge is 0.441 e. The Hall–Kier alpha value is -2.86. The predicted molar refractivity (Wildman–Crippen MR) is 102 cm³/mol. The lowest BCUT2D eigenvalue weighted by molar-refractivity contribution is 0.540. The van der Waals surface area contributed by atoms with Crippen LogP contribution in [0.4, 0.5) is 0 Å². The number of aryl methyl sites for hydroxylation is 2. The maximum atomic E-state index is 5.84. The van der Waals surface area contributed by atoms with Gasteiger partial charge in [0, 0.05) is 17.0 Å². The zero-order valence-electron chi connectivity index (χ0n) is 14.6. The lowest BCUT2D eigenvalue weighted by atomic mass is 10.2. The van der Waals surface area contributed by atoms with Crippen molar-refractivity contribution in [2.24, 2.45) is 0 Å². The minimum atomic E-state index is 0.652. The summed E-state index contributed by atoms with van der Waals surface area (Å²) in [6.45, 7) is 3.90. The summed E-state index contributed by atoms with van der Waals surface area (Å²) in [7, 11) is 0. The molecule has 2 aromatic heterocycles. The lowest BCUT2D eigenvalue weighted by Gasteiger charge is -2.07. The van der Waals surface area contributed by atoms with Crippen molar-refractivity contribution in [1.82, 2.24) is 19.7 Å². The minimum Gasteiger partial charge on any atom is -0.441 e. The highest BCUT2D eigenvalue weighted by molar-refractivity contribution is 7.98. The Kier molecular flexibility index (Phi) is 4.58. The highest BCUT2D eigenvalue weighted by Crippen LogP contribution is 2.28. The molecule has 5 nitrogen and oxygen atoms in total. The molecule has 26 heavy (non-hydrogen) atoms. The van der Waals surface area contributed by atoms with E-state index in [1.165, 1.54) is 0 Å². The van der Waals surface area contributed by atoms with Crippen molar-refractivity contribution < 1.29 is 4.42 Å². The van der Waals surface area contributed by atoms with Crippen LogP contribution in [-0.2, 0) is 5.75 Å². The summed E-state index contributed by atoms with van der Waals surface area (Å²) in [4.78, 5) is 4.66. The van der Waals surface area contributed by atoms with Crippen molar-refractivity contribution >= 4 is 11.8 Å². The van der Waals surface area contributed by atoms with E-state index in [9.17, 15) is 0 Å². The third-order valence-electron chi connectivity index (χ3n) is 4.06. The van der Waals surface area contributed by atoms with Crippen molar-refractivity contribution in [3.05, 3.63) is 77.9 Å². The number of hydrogen-bond acceptors (Lipinski definition) is 5. The standard InChI is InChI=1S/C20H18N4OS/c1-14-18(21-19(25-14)16-9-5-3-6-10-16)13-26-20-23-22-15(2)24(20)17-11-7-4-8-12-17/h3-12H,13H2,1-2H3. The summed E-state index contributed by atoms with van der Waals surface area (Å²) in [5, 5.41) is 9.39. The molecule has 0 radical (unpaired) electrons. The van der Waals surface area contributed by atoms with Crippen molar-refractivity contribution in [2.75, 3.05) is 0 Å². The monoisotopic (exact) mass is 362 g/mol. The Labute approximate surface area is 156 Å². The molecule has 0 saturated heterocycles. The van der Waals surface area contributed by atoms with Gasteiger partial charge in [-0.15, -0.1) is 10.2 Å². The number of benzene rings is 2. The molecule has 0 bridgehead atoms. The quantitative estimate of drug-likeness (QED) is 0.476. The third-order valence-corrected chi connectivity index (χ3v) is 5.00. The first-order valence-electron chi connectivity index (χ1n) is 8.34. The molecule has 0 fully saturated rings. The molecule has 0 unspecified atom stereocenters. The van der Waals surface area contributed by atoms with E-state index in [0.717, 1.165) is 33.7 Å². The van der Waals surface area contributed by atoms with Gasteiger partial charge in [0.05, 0.1) is 5.69 Å². The van der Waals surface area contributed by atoms with E-state index in [-0.39, 0.29) is 0 Å². The fraction of sp³-hybridized carbons (Fsp3) is 0.150. The second kappa shape index (κ2) is 7.17. The van der Waals surface area contributed by atoms with Crippen LogP contribution in [0.2, 0.25) is 0 Å². The van der Waals surface area contributed by atoms with E-state index in [4.69, 9.17) is 4.42 Å². The predicted octanol–water partition coefficient (Wildman–Crippen LogP) is 4.83. The van der Waals surface area contributed by atoms with Crippen molar-refractivity contribution in [3.63, 3.8) is 0 Å². The lowest BCUT2D eigenvalue weighted by Crippen LogP contribution is -1.99. The second-order valence-corrected chi connectivity index (χ2v) is 6.82. The summed E-state index contributed by atoms with van der Waals surface area (Å²) in [6, 6.07) is 20.1. The summed E-state index contributed by atoms with van der Waals surface area (Å²) < 4.78 is 7.90. The normalized spacial score (nSPS) is 11.0. The third kappa shape index (κ3) is 3.28. The first-order valence-corrected chi connectivity index (χ1v) is 9.33. The minimum absolute atomic E-state index is 0.652. The molecule has 130 valence electrons. The zero-order valence-corrected chi connectivity index (χ0v) is 15.4. The number of para-hydroxylation sites is 1. The molecule has 0 aliphatic rings. The maximum absolute atomic E-state index is 5.84. The molecule has 4 rings (SSSR count). The summed E-state index contributed by atoms with van der Waals surface area (Å²) in [5.41, 5.74) is 2.96. The molecule has 0 amide bonds. The molecule has 0 N–H and O–H groups in total. The molecule has 0 atom stereocenters. The first-order chi connectivity index (χ1) is 12.7. The average Bonchev–Trinajstić information content (AvgIpc) is 3.24. The van der Waals surface area contributed by atoms with Gasteiger partial charge < -0.3 is 4.42 Å². The van der Waals surface area contributed by atoms with Crippen LogP contribution < -0.4 is 0 Å². The maximum Gasteiger partial charge on any atom is 0.226 e. The summed E-state index contributed by atoms with van der Waals surface area (Å²) >= 11 is 1.61. The van der Waals surface area contributed by atoms with Crippen molar-refractivity contribution in [1.29, 1.82) is 0 Å². The molecule has 6 heteroatoms. The van der Waals surface area contributed by atoms with Crippen LogP contribution in [0.3, 0.4) is 0 Å². The van der Waals surface area contributed by atoms with Crippen LogP contribution in [0.5, 0.6) is 0 Å². The number of aromatic nitrogens is 4. The van der Waals surface area contributed by atoms with Crippen molar-refractivity contribution in [2.45, 2.75) is 24.8 Å². The summed E-state index contributed by atoms with van der Waals surface area (Å²) in [6.07, 6.45) is 0. The van der Waals surface area contributed by atoms with Crippen LogP contribution in [0, 0.1) is 13.8 Å². The number of hydrogen-bond donors (Lipinski definition) is 0. The molecule has 0 saturated carbocycles. The van der Waals surface area contributed by atoms with Gasteiger partial charge in [-0.25, -0.2) is 4.98 Å². The molecule has 4 aromatic rings. The van der Waals surface area contributed by atoms with Crippen LogP contribution in [0.25, 0.3) is 17.1 Å². The molecular weight excluding hydrogens is 344 g/mol. The Morgan fingerprint density at radius 2 is 1.62 bits per heavy atom. The van der Waals surface area contributed by atoms with E-state index in [0.29, 0.717) is 11.6 Å². The average molecular weight is 362 g/mol. The Bertz CT molecular complexity index is 1010. The van der Waals surface area contributed by atoms with E-state index in [1.54, 1.807) is 11.8 Å². The van der Waals surface area contributed by atoms with Gasteiger partial charge in [0.25, 0.3) is 0 Å². The molecule has 0 spiro atoms. The highest BCUT2D eigenvalue weighted by Gasteiger charge is 2.15. The van der Waals surface area contributed by atoms with E-state index >= 15 is 0 Å². The summed E-state index contributed by atoms with van der Waals surface area (Å²) in [5.74, 6) is 3.02. The fourth-order valence-corrected chi connectivity index (χ4v) is 3.71. The topological polar surface area (TPSA) is 56.7 Å². The van der Waals surface area contributed by atoms with Gasteiger partial charge in [0.2, 0.25) is 5.89 Å². The fourth-order valence-electron chi connectivity index (χ4n) is 2.71. The Balaban J connectivity index is 1.57. The van der Waals surface area contributed by atoms with Gasteiger partial charge in [-0.3, -0.25) is 4.57 Å². The van der Waals surface area contributed by atoms with E-state index in [1.807, 2.05) is 62.4 Å². The number of rotatable bonds is 5. The molecular formula is C20H18N4OS. The molecule has 2 aromatic carbocycles. The van der Waals surface area contributed by atoms with Crippen LogP contribution in [0.15, 0.2) is 70.2 Å². The highest BCUT2D eigenvalue weighted by atomic mass is 32.2. The Morgan fingerprint density at radius 3 is 2.35 bits per heavy atom. The zero-order chi connectivity index (χ0) is 17.9. The van der Waals surface area contributed by atoms with Gasteiger partial charge in [-0.1, -0.05) is 48.2 Å². The van der Waals surface area contributed by atoms with E-state index in [2.05, 4.69) is 31.9 Å². The molecule has 2 heterocycles. The van der Waals surface area contributed by atoms with Gasteiger partial charge in [0.1, 0.15) is 11.6 Å². The number of oxazole rings is 1. The molecule has 0 aliphatic heterocycles. The van der Waals surface area contributed by atoms with Gasteiger partial charge in [-0.2, -0.15) is 0 Å². The van der Waals surface area contributed by atoms with E-state index < -0.39 is 0 Å². The Morgan fingerprint density at radius 1 is 0.923 bits per heavy atom. The van der Waals surface area contributed by atoms with Crippen LogP contribution in [-0.4, -0.2) is 19.7 Å². The first kappa shape index (κ1) is 16.6. The van der Waals surface area contributed by atoms with Crippen LogP contribution in [0.1, 0.15) is 17.3 Å². The SMILES string of the molecule is Cc1oc(-c2ccccc2)nc1CSc1nnc(C)n1-c1ccccc1. The molecule has 0 aliphatic carbocycles. The second-order valence-electron chi connectivity index (χ2n) is 5.88. The van der Waals surface area contributed by atoms with Gasteiger partial charge in [0.15, 0.2) is 5.16 Å². The van der Waals surface area contributed by atoms with Crippen molar-refractivity contribution in [3.8, 4) is 17.1 Å². The number of thioether (sulfide) groups is 1. The van der Waals surface area contributed by atoms with Gasteiger partial charge >= 0.3 is 0 Å². The number of nitrogens with zero attached hydrogens (tertiary/aromatic N) is 4. The van der Waals surface area contributed by atoms with Gasteiger partial charge in [-0.05, 0) is 38.1 Å². The smallest absolute Gasteiger partial charge is 0.226 e. The van der Waals surface area contributed by atoms with Crippen LogP contribution >= 0.6 is 11.8 Å².